The second kappa shape index (κ2) is 6.30. The first-order valence-corrected chi connectivity index (χ1v) is 8.51. The van der Waals surface area contributed by atoms with Crippen molar-refractivity contribution in [2.45, 2.75) is 58.9 Å². The predicted molar refractivity (Wildman–Crippen MR) is 89.2 cm³/mol. The minimum atomic E-state index is -0.247. The summed E-state index contributed by atoms with van der Waals surface area (Å²) in [4.78, 5) is 31.2. The number of rotatable bonds is 3. The number of likely N-dealkylation sites (tertiary alicyclic amines) is 1. The lowest BCUT2D eigenvalue weighted by atomic mass is 10.1. The molecule has 1 saturated heterocycles. The van der Waals surface area contributed by atoms with Gasteiger partial charge in [-0.2, -0.15) is 0 Å². The molecule has 1 atom stereocenters. The van der Waals surface area contributed by atoms with Crippen LogP contribution in [-0.4, -0.2) is 34.3 Å². The van der Waals surface area contributed by atoms with Crippen molar-refractivity contribution in [3.63, 3.8) is 0 Å². The minimum absolute atomic E-state index is 0.0595. The molecular weight excluding hydrogens is 290 g/mol. The van der Waals surface area contributed by atoms with E-state index in [-0.39, 0.29) is 17.7 Å². The fourth-order valence-electron chi connectivity index (χ4n) is 3.91. The third-order valence-electron chi connectivity index (χ3n) is 5.07. The molecule has 1 aliphatic carbocycles. The zero-order valence-corrected chi connectivity index (χ0v) is 14.2. The largest absolute Gasteiger partial charge is 0.339 e. The van der Waals surface area contributed by atoms with E-state index in [1.165, 1.54) is 12.8 Å². The summed E-state index contributed by atoms with van der Waals surface area (Å²) in [6, 6.07) is 2.32. The first kappa shape index (κ1) is 16.0. The van der Waals surface area contributed by atoms with Crippen LogP contribution in [0.5, 0.6) is 0 Å². The van der Waals surface area contributed by atoms with E-state index >= 15 is 0 Å². The molecule has 2 fully saturated rings. The highest BCUT2D eigenvalue weighted by Crippen LogP contribution is 2.30. The molecule has 0 radical (unpaired) electrons. The van der Waals surface area contributed by atoms with Gasteiger partial charge in [-0.1, -0.05) is 12.8 Å². The molecule has 2 aliphatic rings. The van der Waals surface area contributed by atoms with Crippen molar-refractivity contribution in [1.82, 2.24) is 9.88 Å². The maximum absolute atomic E-state index is 12.6. The van der Waals surface area contributed by atoms with Crippen molar-refractivity contribution in [2.24, 2.45) is 5.92 Å². The molecule has 1 saturated carbocycles. The Morgan fingerprint density at radius 2 is 1.96 bits per heavy atom. The van der Waals surface area contributed by atoms with Crippen molar-refractivity contribution in [1.29, 1.82) is 0 Å². The Hall–Kier alpha value is -1.91. The number of nitrogens with one attached hydrogen (secondary N) is 1. The second-order valence-electron chi connectivity index (χ2n) is 6.92. The highest BCUT2D eigenvalue weighted by Gasteiger charge is 2.38. The topological polar surface area (TPSA) is 62.3 Å². The standard InChI is InChI=1S/C18H25N3O2/c1-11-8-12(2)19-13(3)17(11)20-18(23)14-9-16(22)21(10-14)15-6-4-5-7-15/h8,14-15H,4-7,9-10H2,1-3H3,(H,20,23)/t14-/m0/s1. The maximum Gasteiger partial charge on any atom is 0.229 e. The number of amides is 2. The Morgan fingerprint density at radius 1 is 1.26 bits per heavy atom. The van der Waals surface area contributed by atoms with Crippen LogP contribution in [0.2, 0.25) is 0 Å². The van der Waals surface area contributed by atoms with E-state index in [0.29, 0.717) is 19.0 Å². The molecule has 3 rings (SSSR count). The van der Waals surface area contributed by atoms with Crippen LogP contribution in [0.4, 0.5) is 5.69 Å². The molecule has 1 aromatic rings. The zero-order chi connectivity index (χ0) is 16.6. The molecule has 124 valence electrons. The van der Waals surface area contributed by atoms with Gasteiger partial charge in [-0.25, -0.2) is 0 Å². The molecule has 0 spiro atoms. The molecule has 1 aliphatic heterocycles. The number of hydrogen-bond acceptors (Lipinski definition) is 3. The fraction of sp³-hybridized carbons (Fsp3) is 0.611. The summed E-state index contributed by atoms with van der Waals surface area (Å²) >= 11 is 0. The quantitative estimate of drug-likeness (QED) is 0.933. The van der Waals surface area contributed by atoms with Crippen LogP contribution in [0.25, 0.3) is 0 Å². The van der Waals surface area contributed by atoms with E-state index in [1.807, 2.05) is 31.7 Å². The summed E-state index contributed by atoms with van der Waals surface area (Å²) in [7, 11) is 0. The lowest BCUT2D eigenvalue weighted by Crippen LogP contribution is -2.35. The van der Waals surface area contributed by atoms with E-state index in [1.54, 1.807) is 0 Å². The number of hydrogen-bond donors (Lipinski definition) is 1. The van der Waals surface area contributed by atoms with Gasteiger partial charge in [0.1, 0.15) is 0 Å². The van der Waals surface area contributed by atoms with Gasteiger partial charge < -0.3 is 10.2 Å². The van der Waals surface area contributed by atoms with Gasteiger partial charge in [0.15, 0.2) is 0 Å². The number of anilines is 1. The molecule has 23 heavy (non-hydrogen) atoms. The molecule has 2 amide bonds. The first-order chi connectivity index (χ1) is 11.0. The summed E-state index contributed by atoms with van der Waals surface area (Å²) in [5, 5.41) is 3.00. The molecule has 5 heteroatoms. The number of aryl methyl sites for hydroxylation is 3. The third-order valence-corrected chi connectivity index (χ3v) is 5.07. The molecule has 2 heterocycles. The van der Waals surface area contributed by atoms with Crippen LogP contribution < -0.4 is 5.32 Å². The molecular formula is C18H25N3O2. The van der Waals surface area contributed by atoms with Gasteiger partial charge in [-0.15, -0.1) is 0 Å². The Labute approximate surface area is 137 Å². The van der Waals surface area contributed by atoms with Crippen molar-refractivity contribution < 1.29 is 9.59 Å². The highest BCUT2D eigenvalue weighted by atomic mass is 16.2. The summed E-state index contributed by atoms with van der Waals surface area (Å²) in [6.45, 7) is 6.38. The van der Waals surface area contributed by atoms with Crippen molar-refractivity contribution in [2.75, 3.05) is 11.9 Å². The number of carbonyl (C=O) groups is 2. The molecule has 0 aromatic carbocycles. The Balaban J connectivity index is 1.69. The summed E-state index contributed by atoms with van der Waals surface area (Å²) in [5.41, 5.74) is 3.57. The van der Waals surface area contributed by atoms with Crippen LogP contribution in [0.3, 0.4) is 0 Å². The van der Waals surface area contributed by atoms with Gasteiger partial charge in [0.2, 0.25) is 11.8 Å². The van der Waals surface area contributed by atoms with Crippen LogP contribution >= 0.6 is 0 Å². The SMILES string of the molecule is Cc1cc(C)c(NC(=O)[C@H]2CC(=O)N(C3CCCC3)C2)c(C)n1. The van der Waals surface area contributed by atoms with Gasteiger partial charge in [-0.3, -0.25) is 14.6 Å². The van der Waals surface area contributed by atoms with Crippen LogP contribution in [0.15, 0.2) is 6.07 Å². The van der Waals surface area contributed by atoms with E-state index < -0.39 is 0 Å². The van der Waals surface area contributed by atoms with Crippen LogP contribution in [0.1, 0.15) is 49.1 Å². The molecule has 1 aromatic heterocycles. The average molecular weight is 315 g/mol. The number of aromatic nitrogens is 1. The normalized spacial score (nSPS) is 22.0. The molecule has 5 nitrogen and oxygen atoms in total. The second-order valence-corrected chi connectivity index (χ2v) is 6.92. The smallest absolute Gasteiger partial charge is 0.229 e. The Morgan fingerprint density at radius 3 is 2.61 bits per heavy atom. The third kappa shape index (κ3) is 3.23. The van der Waals surface area contributed by atoms with E-state index in [0.717, 1.165) is 35.5 Å². The van der Waals surface area contributed by atoms with Crippen molar-refractivity contribution >= 4 is 17.5 Å². The van der Waals surface area contributed by atoms with Crippen molar-refractivity contribution in [3.8, 4) is 0 Å². The minimum Gasteiger partial charge on any atom is -0.339 e. The number of carbonyl (C=O) groups excluding carboxylic acids is 2. The van der Waals surface area contributed by atoms with Gasteiger partial charge >= 0.3 is 0 Å². The van der Waals surface area contributed by atoms with Gasteiger partial charge in [0, 0.05) is 24.7 Å². The van der Waals surface area contributed by atoms with Crippen molar-refractivity contribution in [3.05, 3.63) is 23.0 Å². The fourth-order valence-corrected chi connectivity index (χ4v) is 3.91. The Bertz CT molecular complexity index is 612. The summed E-state index contributed by atoms with van der Waals surface area (Å²) in [6.07, 6.45) is 4.89. The summed E-state index contributed by atoms with van der Waals surface area (Å²) in [5.74, 6) is -0.175. The lowest BCUT2D eigenvalue weighted by molar-refractivity contribution is -0.129. The molecule has 1 N–H and O–H groups in total. The van der Waals surface area contributed by atoms with Gasteiger partial charge in [0.05, 0.1) is 17.3 Å². The number of pyridine rings is 1. The lowest BCUT2D eigenvalue weighted by Gasteiger charge is -2.24. The van der Waals surface area contributed by atoms with Crippen LogP contribution in [-0.2, 0) is 9.59 Å². The van der Waals surface area contributed by atoms with E-state index in [9.17, 15) is 9.59 Å². The average Bonchev–Trinajstić information content (AvgIpc) is 3.11. The monoisotopic (exact) mass is 315 g/mol. The molecule has 0 unspecified atom stereocenters. The Kier molecular flexibility index (Phi) is 4.37. The maximum atomic E-state index is 12.6. The predicted octanol–water partition coefficient (Wildman–Crippen LogP) is 2.74. The molecule has 0 bridgehead atoms. The van der Waals surface area contributed by atoms with E-state index in [2.05, 4.69) is 10.3 Å². The first-order valence-electron chi connectivity index (χ1n) is 8.51. The zero-order valence-electron chi connectivity index (χ0n) is 14.2. The van der Waals surface area contributed by atoms with Gasteiger partial charge in [-0.05, 0) is 45.2 Å². The number of nitrogens with zero attached hydrogens (tertiary/aromatic N) is 2. The van der Waals surface area contributed by atoms with E-state index in [4.69, 9.17) is 0 Å². The van der Waals surface area contributed by atoms with Crippen LogP contribution in [0, 0.1) is 26.7 Å². The summed E-state index contributed by atoms with van der Waals surface area (Å²) < 4.78 is 0. The highest BCUT2D eigenvalue weighted by molar-refractivity contribution is 5.98. The van der Waals surface area contributed by atoms with Gasteiger partial charge in [0.25, 0.3) is 0 Å².